The molecule has 2 fully saturated rings. The van der Waals surface area contributed by atoms with Gasteiger partial charge in [0.2, 0.25) is 10.0 Å². The second-order valence-corrected chi connectivity index (χ2v) is 8.39. The van der Waals surface area contributed by atoms with Gasteiger partial charge in [-0.3, -0.25) is 0 Å². The molecule has 5 heteroatoms. The topological polar surface area (TPSA) is 49.4 Å². The van der Waals surface area contributed by atoms with E-state index < -0.39 is 10.0 Å². The minimum Gasteiger partial charge on any atom is -0.317 e. The predicted octanol–water partition coefficient (Wildman–Crippen LogP) is 2.11. The summed E-state index contributed by atoms with van der Waals surface area (Å²) < 4.78 is 27.0. The van der Waals surface area contributed by atoms with E-state index in [-0.39, 0.29) is 11.3 Å². The Hall–Kier alpha value is -0.130. The van der Waals surface area contributed by atoms with E-state index in [4.69, 9.17) is 0 Å². The summed E-state index contributed by atoms with van der Waals surface area (Å²) in [6.07, 6.45) is 9.23. The summed E-state index contributed by atoms with van der Waals surface area (Å²) >= 11 is 0. The van der Waals surface area contributed by atoms with Crippen molar-refractivity contribution in [2.75, 3.05) is 14.1 Å². The number of nitrogens with one attached hydrogen (secondary N) is 1. The van der Waals surface area contributed by atoms with Crippen molar-refractivity contribution in [3.63, 3.8) is 0 Å². The molecule has 0 unspecified atom stereocenters. The average Bonchev–Trinajstić information content (AvgIpc) is 2.47. The molecular weight excluding hydrogens is 260 g/mol. The maximum atomic E-state index is 12.6. The second-order valence-electron chi connectivity index (χ2n) is 6.12. The molecular formula is C14H28N2O2S. The molecule has 0 aromatic carbocycles. The quantitative estimate of drug-likeness (QED) is 0.862. The molecule has 2 aliphatic rings. The first-order valence-corrected chi connectivity index (χ1v) is 9.20. The number of rotatable bonds is 4. The molecule has 0 heterocycles. The SMILES string of the molecule is CNC1CCC(N(C)S(=O)(=O)C2CCCCC2)CC1. The van der Waals surface area contributed by atoms with Gasteiger partial charge in [0.25, 0.3) is 0 Å². The van der Waals surface area contributed by atoms with Crippen LogP contribution in [0.25, 0.3) is 0 Å². The van der Waals surface area contributed by atoms with Gasteiger partial charge in [-0.25, -0.2) is 12.7 Å². The summed E-state index contributed by atoms with van der Waals surface area (Å²) in [5.74, 6) is 0. The molecule has 19 heavy (non-hydrogen) atoms. The Labute approximate surface area is 118 Å². The van der Waals surface area contributed by atoms with Crippen LogP contribution in [0, 0.1) is 0 Å². The summed E-state index contributed by atoms with van der Waals surface area (Å²) in [4.78, 5) is 0. The average molecular weight is 288 g/mol. The van der Waals surface area contributed by atoms with Crippen LogP contribution >= 0.6 is 0 Å². The minimum atomic E-state index is -3.07. The zero-order chi connectivity index (χ0) is 13.9. The number of hydrogen-bond donors (Lipinski definition) is 1. The van der Waals surface area contributed by atoms with Crippen molar-refractivity contribution in [2.24, 2.45) is 0 Å². The molecule has 0 aliphatic heterocycles. The third-order valence-electron chi connectivity index (χ3n) is 4.99. The highest BCUT2D eigenvalue weighted by Crippen LogP contribution is 2.30. The summed E-state index contributed by atoms with van der Waals surface area (Å²) in [6, 6.07) is 0.790. The van der Waals surface area contributed by atoms with Crippen molar-refractivity contribution in [3.8, 4) is 0 Å². The van der Waals surface area contributed by atoms with Gasteiger partial charge in [0.15, 0.2) is 0 Å². The monoisotopic (exact) mass is 288 g/mol. The highest BCUT2D eigenvalue weighted by molar-refractivity contribution is 7.89. The number of sulfonamides is 1. The van der Waals surface area contributed by atoms with Crippen molar-refractivity contribution in [2.45, 2.75) is 75.1 Å². The summed E-state index contributed by atoms with van der Waals surface area (Å²) in [6.45, 7) is 0. The summed E-state index contributed by atoms with van der Waals surface area (Å²) in [7, 11) is 0.720. The smallest absolute Gasteiger partial charge is 0.216 e. The lowest BCUT2D eigenvalue weighted by atomic mass is 9.91. The van der Waals surface area contributed by atoms with Crippen LogP contribution in [0.2, 0.25) is 0 Å². The highest BCUT2D eigenvalue weighted by atomic mass is 32.2. The fourth-order valence-electron chi connectivity index (χ4n) is 3.53. The Morgan fingerprint density at radius 2 is 1.53 bits per heavy atom. The lowest BCUT2D eigenvalue weighted by Gasteiger charge is -2.36. The van der Waals surface area contributed by atoms with Crippen LogP contribution in [0.4, 0.5) is 0 Å². The van der Waals surface area contributed by atoms with Gasteiger partial charge in [-0.1, -0.05) is 19.3 Å². The fourth-order valence-corrected chi connectivity index (χ4v) is 5.56. The van der Waals surface area contributed by atoms with Gasteiger partial charge in [-0.2, -0.15) is 0 Å². The Kier molecular flexibility index (Phi) is 5.26. The van der Waals surface area contributed by atoms with Crippen LogP contribution < -0.4 is 5.32 Å². The predicted molar refractivity (Wildman–Crippen MR) is 78.7 cm³/mol. The van der Waals surface area contributed by atoms with Crippen LogP contribution in [0.3, 0.4) is 0 Å². The minimum absolute atomic E-state index is 0.117. The van der Waals surface area contributed by atoms with Crippen molar-refractivity contribution in [1.29, 1.82) is 0 Å². The van der Waals surface area contributed by atoms with E-state index in [1.807, 2.05) is 7.05 Å². The summed E-state index contributed by atoms with van der Waals surface area (Å²) in [5.41, 5.74) is 0. The third-order valence-corrected chi connectivity index (χ3v) is 7.41. The Bertz CT molecular complexity index is 369. The first-order chi connectivity index (χ1) is 9.05. The molecule has 0 aromatic rings. The number of hydrogen-bond acceptors (Lipinski definition) is 3. The van der Waals surface area contributed by atoms with Gasteiger partial charge in [0.05, 0.1) is 5.25 Å². The molecule has 0 saturated heterocycles. The van der Waals surface area contributed by atoms with E-state index in [1.165, 1.54) is 6.42 Å². The molecule has 0 bridgehead atoms. The molecule has 2 saturated carbocycles. The van der Waals surface area contributed by atoms with Crippen molar-refractivity contribution >= 4 is 10.0 Å². The molecule has 4 nitrogen and oxygen atoms in total. The van der Waals surface area contributed by atoms with Crippen LogP contribution in [0.1, 0.15) is 57.8 Å². The molecule has 1 N–H and O–H groups in total. The van der Waals surface area contributed by atoms with Crippen LogP contribution in [0.5, 0.6) is 0 Å². The van der Waals surface area contributed by atoms with Gasteiger partial charge >= 0.3 is 0 Å². The van der Waals surface area contributed by atoms with E-state index in [9.17, 15) is 8.42 Å². The normalized spacial score (nSPS) is 30.7. The van der Waals surface area contributed by atoms with Crippen LogP contribution in [0.15, 0.2) is 0 Å². The first-order valence-electron chi connectivity index (χ1n) is 7.70. The molecule has 0 amide bonds. The molecule has 2 aliphatic carbocycles. The second kappa shape index (κ2) is 6.55. The molecule has 0 radical (unpaired) electrons. The molecule has 2 rings (SSSR count). The van der Waals surface area contributed by atoms with Crippen molar-refractivity contribution in [1.82, 2.24) is 9.62 Å². The number of nitrogens with zero attached hydrogens (tertiary/aromatic N) is 1. The first kappa shape index (κ1) is 15.3. The highest BCUT2D eigenvalue weighted by Gasteiger charge is 2.35. The van der Waals surface area contributed by atoms with Crippen molar-refractivity contribution < 1.29 is 8.42 Å². The zero-order valence-corrected chi connectivity index (χ0v) is 13.1. The van der Waals surface area contributed by atoms with Gasteiger partial charge in [0, 0.05) is 19.1 Å². The van der Waals surface area contributed by atoms with E-state index in [0.29, 0.717) is 6.04 Å². The van der Waals surface area contributed by atoms with Crippen molar-refractivity contribution in [3.05, 3.63) is 0 Å². The van der Waals surface area contributed by atoms with E-state index in [1.54, 1.807) is 11.4 Å². The fraction of sp³-hybridized carbons (Fsp3) is 1.00. The van der Waals surface area contributed by atoms with Crippen LogP contribution in [-0.4, -0.2) is 44.2 Å². The Morgan fingerprint density at radius 3 is 2.05 bits per heavy atom. The van der Waals surface area contributed by atoms with Gasteiger partial charge in [-0.05, 0) is 45.6 Å². The molecule has 0 atom stereocenters. The molecule has 0 aromatic heterocycles. The standard InChI is InChI=1S/C14H28N2O2S/c1-15-12-8-10-13(11-9-12)16(2)19(17,18)14-6-4-3-5-7-14/h12-15H,3-11H2,1-2H3. The van der Waals surface area contributed by atoms with E-state index in [2.05, 4.69) is 5.32 Å². The molecule has 112 valence electrons. The maximum absolute atomic E-state index is 12.6. The van der Waals surface area contributed by atoms with E-state index >= 15 is 0 Å². The maximum Gasteiger partial charge on any atom is 0.216 e. The zero-order valence-electron chi connectivity index (χ0n) is 12.3. The Morgan fingerprint density at radius 1 is 0.947 bits per heavy atom. The third kappa shape index (κ3) is 3.50. The largest absolute Gasteiger partial charge is 0.317 e. The van der Waals surface area contributed by atoms with E-state index in [0.717, 1.165) is 51.4 Å². The van der Waals surface area contributed by atoms with Crippen LogP contribution in [-0.2, 0) is 10.0 Å². The van der Waals surface area contributed by atoms with Gasteiger partial charge in [-0.15, -0.1) is 0 Å². The lowest BCUT2D eigenvalue weighted by molar-refractivity contribution is 0.251. The Balaban J connectivity index is 1.96. The van der Waals surface area contributed by atoms with Gasteiger partial charge < -0.3 is 5.32 Å². The molecule has 0 spiro atoms. The lowest BCUT2D eigenvalue weighted by Crippen LogP contribution is -2.46. The summed E-state index contributed by atoms with van der Waals surface area (Å²) in [5, 5.41) is 3.18. The van der Waals surface area contributed by atoms with Gasteiger partial charge in [0.1, 0.15) is 0 Å².